The second-order valence-corrected chi connectivity index (χ2v) is 3.94. The van der Waals surface area contributed by atoms with E-state index < -0.39 is 0 Å². The molecule has 12 heavy (non-hydrogen) atoms. The molecule has 1 rings (SSSR count). The fraction of sp³-hybridized carbons (Fsp3) is 0.375. The number of aliphatic hydroxyl groups is 1. The number of anilines is 1. The molecule has 0 aliphatic carbocycles. The van der Waals surface area contributed by atoms with Gasteiger partial charge in [-0.25, -0.2) is 4.98 Å². The van der Waals surface area contributed by atoms with Crippen LogP contribution < -0.4 is 5.73 Å². The van der Waals surface area contributed by atoms with Crippen molar-refractivity contribution < 1.29 is 5.11 Å². The molecule has 0 saturated carbocycles. The molecule has 1 aromatic rings. The molecule has 1 heterocycles. The van der Waals surface area contributed by atoms with Gasteiger partial charge in [-0.05, 0) is 12.1 Å². The zero-order valence-electron chi connectivity index (χ0n) is 6.90. The molecule has 0 aromatic carbocycles. The quantitative estimate of drug-likeness (QED) is 0.691. The van der Waals surface area contributed by atoms with Gasteiger partial charge >= 0.3 is 0 Å². The highest BCUT2D eigenvalue weighted by Crippen LogP contribution is 2.25. The highest BCUT2D eigenvalue weighted by atomic mass is 32.2. The van der Waals surface area contributed by atoms with Gasteiger partial charge in [-0.2, -0.15) is 0 Å². The number of aromatic nitrogens is 1. The first-order chi connectivity index (χ1) is 5.74. The van der Waals surface area contributed by atoms with E-state index in [0.29, 0.717) is 5.69 Å². The third-order valence-electron chi connectivity index (χ3n) is 1.37. The Hall–Kier alpha value is -0.740. The monoisotopic (exact) mass is 184 g/mol. The summed E-state index contributed by atoms with van der Waals surface area (Å²) in [6.45, 7) is 2.07. The van der Waals surface area contributed by atoms with Crippen LogP contribution in [-0.2, 0) is 0 Å². The molecule has 4 heteroatoms. The van der Waals surface area contributed by atoms with Gasteiger partial charge in [-0.15, -0.1) is 0 Å². The van der Waals surface area contributed by atoms with Gasteiger partial charge in [0.25, 0.3) is 0 Å². The predicted octanol–water partition coefficient (Wildman–Crippen LogP) is 1.14. The van der Waals surface area contributed by atoms with Crippen molar-refractivity contribution in [3.63, 3.8) is 0 Å². The van der Waals surface area contributed by atoms with Crippen LogP contribution in [-0.4, -0.2) is 21.9 Å². The Balaban J connectivity index is 2.69. The number of hydrogen-bond donors (Lipinski definition) is 2. The van der Waals surface area contributed by atoms with E-state index in [0.717, 1.165) is 5.03 Å². The number of hydrogen-bond acceptors (Lipinski definition) is 4. The third kappa shape index (κ3) is 2.39. The summed E-state index contributed by atoms with van der Waals surface area (Å²) in [6.07, 6.45) is 1.70. The van der Waals surface area contributed by atoms with Crippen LogP contribution in [0.15, 0.2) is 23.4 Å². The molecule has 0 saturated heterocycles. The molecule has 0 aliphatic heterocycles. The van der Waals surface area contributed by atoms with Crippen LogP contribution in [0, 0.1) is 0 Å². The van der Waals surface area contributed by atoms with Crippen LogP contribution in [0.5, 0.6) is 0 Å². The largest absolute Gasteiger partial charge is 0.397 e. The average molecular weight is 184 g/mol. The molecule has 3 nitrogen and oxygen atoms in total. The van der Waals surface area contributed by atoms with Crippen molar-refractivity contribution in [2.75, 3.05) is 12.3 Å². The molecule has 1 unspecified atom stereocenters. The molecule has 66 valence electrons. The normalized spacial score (nSPS) is 12.8. The van der Waals surface area contributed by atoms with Gasteiger partial charge < -0.3 is 10.8 Å². The molecular weight excluding hydrogens is 172 g/mol. The molecule has 1 atom stereocenters. The molecule has 0 bridgehead atoms. The average Bonchev–Trinajstić information content (AvgIpc) is 2.09. The van der Waals surface area contributed by atoms with Crippen LogP contribution in [0.4, 0.5) is 5.69 Å². The minimum Gasteiger partial charge on any atom is -0.397 e. The van der Waals surface area contributed by atoms with E-state index in [1.54, 1.807) is 18.3 Å². The standard InChI is InChI=1S/C8H12N2OS/c1-6(5-11)12-8-7(9)3-2-4-10-8/h2-4,6,11H,5,9H2,1H3. The maximum Gasteiger partial charge on any atom is 0.119 e. The molecule has 0 aliphatic rings. The van der Waals surface area contributed by atoms with Crippen molar-refractivity contribution in [2.45, 2.75) is 17.2 Å². The lowest BCUT2D eigenvalue weighted by atomic mass is 10.4. The smallest absolute Gasteiger partial charge is 0.119 e. The van der Waals surface area contributed by atoms with Crippen LogP contribution in [0.25, 0.3) is 0 Å². The van der Waals surface area contributed by atoms with Gasteiger partial charge in [0.15, 0.2) is 0 Å². The summed E-state index contributed by atoms with van der Waals surface area (Å²) in [5.41, 5.74) is 6.33. The van der Waals surface area contributed by atoms with Gasteiger partial charge in [0.1, 0.15) is 5.03 Å². The highest BCUT2D eigenvalue weighted by Gasteiger charge is 2.05. The van der Waals surface area contributed by atoms with Crippen LogP contribution in [0.1, 0.15) is 6.92 Å². The third-order valence-corrected chi connectivity index (χ3v) is 2.49. The summed E-state index contributed by atoms with van der Waals surface area (Å²) >= 11 is 1.48. The van der Waals surface area contributed by atoms with E-state index in [-0.39, 0.29) is 11.9 Å². The van der Waals surface area contributed by atoms with Gasteiger partial charge in [-0.3, -0.25) is 0 Å². The number of pyridine rings is 1. The molecule has 3 N–H and O–H groups in total. The minimum absolute atomic E-state index is 0.140. The summed E-state index contributed by atoms with van der Waals surface area (Å²) in [7, 11) is 0. The fourth-order valence-electron chi connectivity index (χ4n) is 0.730. The Morgan fingerprint density at radius 3 is 3.08 bits per heavy atom. The predicted molar refractivity (Wildman–Crippen MR) is 51.1 cm³/mol. The van der Waals surface area contributed by atoms with E-state index in [1.807, 2.05) is 6.92 Å². The first-order valence-corrected chi connectivity index (χ1v) is 4.60. The number of nitrogen functional groups attached to an aromatic ring is 1. The van der Waals surface area contributed by atoms with E-state index in [4.69, 9.17) is 10.8 Å². The maximum absolute atomic E-state index is 8.80. The van der Waals surface area contributed by atoms with E-state index in [9.17, 15) is 0 Å². The van der Waals surface area contributed by atoms with Gasteiger partial charge in [0.05, 0.1) is 12.3 Å². The summed E-state index contributed by atoms with van der Waals surface area (Å²) in [5, 5.41) is 9.73. The van der Waals surface area contributed by atoms with Gasteiger partial charge in [0.2, 0.25) is 0 Å². The van der Waals surface area contributed by atoms with Crippen LogP contribution in [0.3, 0.4) is 0 Å². The lowest BCUT2D eigenvalue weighted by molar-refractivity contribution is 0.300. The first-order valence-electron chi connectivity index (χ1n) is 3.72. The summed E-state index contributed by atoms with van der Waals surface area (Å²) < 4.78 is 0. The maximum atomic E-state index is 8.80. The molecule has 1 aromatic heterocycles. The Kier molecular flexibility index (Phi) is 3.37. The van der Waals surface area contributed by atoms with Crippen molar-refractivity contribution in [1.82, 2.24) is 4.98 Å². The Labute approximate surface area is 76.0 Å². The molecule has 0 spiro atoms. The number of rotatable bonds is 3. The zero-order valence-corrected chi connectivity index (χ0v) is 7.71. The number of aliphatic hydroxyl groups excluding tert-OH is 1. The Morgan fingerprint density at radius 2 is 2.50 bits per heavy atom. The lowest BCUT2D eigenvalue weighted by Gasteiger charge is -2.07. The van der Waals surface area contributed by atoms with Crippen LogP contribution in [0.2, 0.25) is 0 Å². The van der Waals surface area contributed by atoms with Crippen molar-refractivity contribution in [3.8, 4) is 0 Å². The minimum atomic E-state index is 0.140. The number of thioether (sulfide) groups is 1. The molecule has 0 amide bonds. The Morgan fingerprint density at radius 1 is 1.75 bits per heavy atom. The SMILES string of the molecule is CC(CO)Sc1ncccc1N. The molecule has 0 fully saturated rings. The summed E-state index contributed by atoms with van der Waals surface area (Å²) in [5.74, 6) is 0. The number of nitrogens with zero attached hydrogens (tertiary/aromatic N) is 1. The van der Waals surface area contributed by atoms with E-state index >= 15 is 0 Å². The summed E-state index contributed by atoms with van der Waals surface area (Å²) in [4.78, 5) is 4.09. The lowest BCUT2D eigenvalue weighted by Crippen LogP contribution is -2.03. The summed E-state index contributed by atoms with van der Waals surface area (Å²) in [6, 6.07) is 3.60. The van der Waals surface area contributed by atoms with E-state index in [2.05, 4.69) is 4.98 Å². The zero-order chi connectivity index (χ0) is 8.97. The highest BCUT2D eigenvalue weighted by molar-refractivity contribution is 8.00. The molecular formula is C8H12N2OS. The fourth-order valence-corrected chi connectivity index (χ4v) is 1.51. The van der Waals surface area contributed by atoms with Crippen molar-refractivity contribution in [2.24, 2.45) is 0 Å². The first kappa shape index (κ1) is 9.35. The van der Waals surface area contributed by atoms with Crippen LogP contribution >= 0.6 is 11.8 Å². The second-order valence-electron chi connectivity index (χ2n) is 2.51. The van der Waals surface area contributed by atoms with Crippen molar-refractivity contribution >= 4 is 17.4 Å². The van der Waals surface area contributed by atoms with Crippen molar-refractivity contribution in [1.29, 1.82) is 0 Å². The Bertz CT molecular complexity index is 255. The van der Waals surface area contributed by atoms with Gasteiger partial charge in [-0.1, -0.05) is 18.7 Å². The number of nitrogens with two attached hydrogens (primary N) is 1. The second kappa shape index (κ2) is 4.33. The topological polar surface area (TPSA) is 59.1 Å². The van der Waals surface area contributed by atoms with E-state index in [1.165, 1.54) is 11.8 Å². The molecule has 0 radical (unpaired) electrons. The van der Waals surface area contributed by atoms with Gasteiger partial charge in [0, 0.05) is 11.4 Å². The van der Waals surface area contributed by atoms with Crippen molar-refractivity contribution in [3.05, 3.63) is 18.3 Å².